The number of nitrogens with one attached hydrogen (secondary N) is 1. The molecule has 3 aromatic heterocycles. The number of nitrogens with two attached hydrogens (primary N) is 2. The lowest BCUT2D eigenvalue weighted by atomic mass is 10.1. The fourth-order valence-corrected chi connectivity index (χ4v) is 3.14. The topological polar surface area (TPSA) is 145 Å². The van der Waals surface area contributed by atoms with E-state index in [9.17, 15) is 0 Å². The number of hydrogen-bond acceptors (Lipinski definition) is 9. The molecule has 4 heterocycles. The molecule has 25 heavy (non-hydrogen) atoms. The lowest BCUT2D eigenvalue weighted by Gasteiger charge is -2.15. The van der Waals surface area contributed by atoms with Gasteiger partial charge in [-0.05, 0) is 13.0 Å². The molecule has 0 aromatic carbocycles. The number of anilines is 2. The summed E-state index contributed by atoms with van der Waals surface area (Å²) in [6.45, 7) is 2.64. The first-order chi connectivity index (χ1) is 12.1. The molecule has 1 atom stereocenters. The molecule has 0 aliphatic carbocycles. The first-order valence-corrected chi connectivity index (χ1v) is 7.98. The minimum absolute atomic E-state index is 0.135. The molecule has 1 saturated heterocycles. The van der Waals surface area contributed by atoms with Gasteiger partial charge in [-0.2, -0.15) is 9.97 Å². The fraction of sp³-hybridized carbons (Fsp3) is 0.400. The Morgan fingerprint density at radius 1 is 1.24 bits per heavy atom. The monoisotopic (exact) mass is 341 g/mol. The Balaban J connectivity index is 1.47. The molecule has 1 unspecified atom stereocenters. The molecule has 10 nitrogen and oxygen atoms in total. The second kappa shape index (κ2) is 6.13. The third-order valence-corrected chi connectivity index (χ3v) is 4.34. The molecule has 4 rings (SSSR count). The number of H-pyrrole nitrogens is 1. The smallest absolute Gasteiger partial charge is 0.316 e. The van der Waals surface area contributed by atoms with Gasteiger partial charge < -0.3 is 21.2 Å². The molecule has 3 aromatic rings. The van der Waals surface area contributed by atoms with Gasteiger partial charge in [-0.25, -0.2) is 15.0 Å². The van der Waals surface area contributed by atoms with Crippen molar-refractivity contribution in [2.45, 2.75) is 18.9 Å². The maximum absolute atomic E-state index is 5.89. The van der Waals surface area contributed by atoms with Crippen LogP contribution in [0.1, 0.15) is 23.7 Å². The molecule has 5 N–H and O–H groups in total. The summed E-state index contributed by atoms with van der Waals surface area (Å²) >= 11 is 0. The van der Waals surface area contributed by atoms with Crippen LogP contribution < -0.4 is 16.2 Å². The molecular formula is C15H19N9O. The number of rotatable bonds is 4. The summed E-state index contributed by atoms with van der Waals surface area (Å²) < 4.78 is 4.98. The predicted octanol–water partition coefficient (Wildman–Crippen LogP) is 0.305. The van der Waals surface area contributed by atoms with Crippen molar-refractivity contribution in [1.82, 2.24) is 34.8 Å². The lowest BCUT2D eigenvalue weighted by Crippen LogP contribution is -2.20. The zero-order valence-corrected chi connectivity index (χ0v) is 13.8. The van der Waals surface area contributed by atoms with Crippen LogP contribution in [0.2, 0.25) is 0 Å². The third kappa shape index (κ3) is 3.03. The number of hydrogen-bond donors (Lipinski definition) is 3. The van der Waals surface area contributed by atoms with E-state index in [1.165, 1.54) is 0 Å². The summed E-state index contributed by atoms with van der Waals surface area (Å²) in [7, 11) is 1.55. The predicted molar refractivity (Wildman–Crippen MR) is 91.7 cm³/mol. The average Bonchev–Trinajstić information content (AvgIpc) is 3.22. The Morgan fingerprint density at radius 2 is 2.04 bits per heavy atom. The van der Waals surface area contributed by atoms with Crippen LogP contribution in [0.25, 0.3) is 11.2 Å². The molecule has 10 heteroatoms. The number of imidazole rings is 1. The highest BCUT2D eigenvalue weighted by Crippen LogP contribution is 2.28. The zero-order chi connectivity index (χ0) is 17.4. The quantitative estimate of drug-likeness (QED) is 0.610. The highest BCUT2D eigenvalue weighted by Gasteiger charge is 2.27. The SMILES string of the molecule is COc1ncc(CN2CCC(c3nc4nc(N)nc(N)c4[nH]3)C2)cn1. The Kier molecular flexibility index (Phi) is 3.80. The Hall–Kier alpha value is -3.01. The van der Waals surface area contributed by atoms with Crippen molar-refractivity contribution in [2.75, 3.05) is 31.7 Å². The van der Waals surface area contributed by atoms with E-state index in [0.29, 0.717) is 23.0 Å². The van der Waals surface area contributed by atoms with Crippen molar-refractivity contribution < 1.29 is 4.74 Å². The van der Waals surface area contributed by atoms with E-state index in [0.717, 1.165) is 37.4 Å². The molecule has 0 radical (unpaired) electrons. The van der Waals surface area contributed by atoms with E-state index in [-0.39, 0.29) is 11.9 Å². The normalized spacial score (nSPS) is 18.0. The number of ether oxygens (including phenoxy) is 1. The van der Waals surface area contributed by atoms with E-state index in [1.807, 2.05) is 0 Å². The second-order valence-corrected chi connectivity index (χ2v) is 6.09. The van der Waals surface area contributed by atoms with Gasteiger partial charge in [0.1, 0.15) is 11.3 Å². The summed E-state index contributed by atoms with van der Waals surface area (Å²) in [5.41, 5.74) is 13.7. The van der Waals surface area contributed by atoms with Crippen LogP contribution in [0.4, 0.5) is 11.8 Å². The average molecular weight is 341 g/mol. The Bertz CT molecular complexity index is 892. The van der Waals surface area contributed by atoms with Crippen molar-refractivity contribution in [2.24, 2.45) is 0 Å². The molecule has 130 valence electrons. The van der Waals surface area contributed by atoms with Crippen LogP contribution in [0.3, 0.4) is 0 Å². The number of aromatic amines is 1. The Labute approximate surface area is 143 Å². The summed E-state index contributed by atoms with van der Waals surface area (Å²) in [5.74, 6) is 1.62. The maximum Gasteiger partial charge on any atom is 0.316 e. The summed E-state index contributed by atoms with van der Waals surface area (Å²) in [6, 6.07) is 0.378. The van der Waals surface area contributed by atoms with Gasteiger partial charge in [0.05, 0.1) is 7.11 Å². The van der Waals surface area contributed by atoms with Crippen LogP contribution in [-0.2, 0) is 6.54 Å². The van der Waals surface area contributed by atoms with Gasteiger partial charge in [-0.15, -0.1) is 0 Å². The van der Waals surface area contributed by atoms with Crippen molar-refractivity contribution >= 4 is 22.9 Å². The number of aromatic nitrogens is 6. The van der Waals surface area contributed by atoms with E-state index >= 15 is 0 Å². The standard InChI is InChI=1S/C15H19N9O/c1-25-15-18-4-8(5-19-15)6-24-3-2-9(7-24)12-20-10-11(16)21-14(17)23-13(10)22-12/h4-5,9H,2-3,6-7H2,1H3,(H5,16,17,20,21,22,23). The summed E-state index contributed by atoms with van der Waals surface area (Å²) in [6.07, 6.45) is 4.58. The Morgan fingerprint density at radius 3 is 2.80 bits per heavy atom. The van der Waals surface area contributed by atoms with Crippen LogP contribution >= 0.6 is 0 Å². The van der Waals surface area contributed by atoms with Gasteiger partial charge in [0.15, 0.2) is 11.5 Å². The van der Waals surface area contributed by atoms with Crippen molar-refractivity contribution in [3.05, 3.63) is 23.8 Å². The first kappa shape index (κ1) is 15.5. The number of methoxy groups -OCH3 is 1. The number of fused-ring (bicyclic) bond motifs is 1. The van der Waals surface area contributed by atoms with E-state index in [1.54, 1.807) is 19.5 Å². The molecule has 0 saturated carbocycles. The molecule has 1 aliphatic heterocycles. The molecule has 0 spiro atoms. The van der Waals surface area contributed by atoms with E-state index in [4.69, 9.17) is 16.2 Å². The van der Waals surface area contributed by atoms with Gasteiger partial charge in [0, 0.05) is 37.0 Å². The van der Waals surface area contributed by atoms with E-state index < -0.39 is 0 Å². The minimum atomic E-state index is 0.135. The molecule has 1 fully saturated rings. The number of likely N-dealkylation sites (tertiary alicyclic amines) is 1. The number of nitrogens with zero attached hydrogens (tertiary/aromatic N) is 6. The highest BCUT2D eigenvalue weighted by molar-refractivity contribution is 5.82. The van der Waals surface area contributed by atoms with Crippen LogP contribution in [-0.4, -0.2) is 55.0 Å². The minimum Gasteiger partial charge on any atom is -0.467 e. The molecule has 1 aliphatic rings. The molecular weight excluding hydrogens is 322 g/mol. The van der Waals surface area contributed by atoms with Gasteiger partial charge in [-0.3, -0.25) is 4.90 Å². The number of nitrogen functional groups attached to an aromatic ring is 2. The van der Waals surface area contributed by atoms with Crippen LogP contribution in [0.5, 0.6) is 6.01 Å². The zero-order valence-electron chi connectivity index (χ0n) is 13.8. The van der Waals surface area contributed by atoms with Gasteiger partial charge in [0.25, 0.3) is 0 Å². The third-order valence-electron chi connectivity index (χ3n) is 4.34. The highest BCUT2D eigenvalue weighted by atomic mass is 16.5. The first-order valence-electron chi connectivity index (χ1n) is 7.98. The van der Waals surface area contributed by atoms with Gasteiger partial charge in [0.2, 0.25) is 5.95 Å². The van der Waals surface area contributed by atoms with Crippen molar-refractivity contribution in [1.29, 1.82) is 0 Å². The second-order valence-electron chi connectivity index (χ2n) is 6.09. The van der Waals surface area contributed by atoms with Crippen LogP contribution in [0, 0.1) is 0 Å². The van der Waals surface area contributed by atoms with E-state index in [2.05, 4.69) is 34.8 Å². The largest absolute Gasteiger partial charge is 0.467 e. The summed E-state index contributed by atoms with van der Waals surface area (Å²) in [4.78, 5) is 26.5. The molecule has 0 amide bonds. The van der Waals surface area contributed by atoms with Gasteiger partial charge in [-0.1, -0.05) is 0 Å². The fourth-order valence-electron chi connectivity index (χ4n) is 3.14. The molecule has 0 bridgehead atoms. The van der Waals surface area contributed by atoms with Gasteiger partial charge >= 0.3 is 6.01 Å². The maximum atomic E-state index is 5.89. The lowest BCUT2D eigenvalue weighted by molar-refractivity contribution is 0.323. The summed E-state index contributed by atoms with van der Waals surface area (Å²) in [5, 5.41) is 0. The van der Waals surface area contributed by atoms with Crippen molar-refractivity contribution in [3.8, 4) is 6.01 Å². The van der Waals surface area contributed by atoms with Crippen LogP contribution in [0.15, 0.2) is 12.4 Å². The van der Waals surface area contributed by atoms with Crippen molar-refractivity contribution in [3.63, 3.8) is 0 Å².